The summed E-state index contributed by atoms with van der Waals surface area (Å²) < 4.78 is 0. The van der Waals surface area contributed by atoms with Crippen molar-refractivity contribution in [1.82, 2.24) is 15.6 Å². The van der Waals surface area contributed by atoms with E-state index in [2.05, 4.69) is 20.6 Å². The van der Waals surface area contributed by atoms with Crippen molar-refractivity contribution < 1.29 is 0 Å². The fraction of sp³-hybridized carbons (Fsp3) is 0.286. The van der Waals surface area contributed by atoms with Gasteiger partial charge < -0.3 is 5.43 Å². The number of aromatic nitrogens is 2. The lowest BCUT2D eigenvalue weighted by Gasteiger charge is -2.02. The smallest absolute Gasteiger partial charge is 0.264 e. The Bertz CT molecular complexity index is 336. The van der Waals surface area contributed by atoms with Crippen molar-refractivity contribution in [2.24, 2.45) is 10.8 Å². The van der Waals surface area contributed by atoms with E-state index in [1.54, 1.807) is 6.07 Å². The van der Waals surface area contributed by atoms with E-state index in [1.807, 2.05) is 6.92 Å². The third-order valence-electron chi connectivity index (χ3n) is 1.37. The fourth-order valence-corrected chi connectivity index (χ4v) is 0.835. The van der Waals surface area contributed by atoms with Gasteiger partial charge in [0.05, 0.1) is 0 Å². The molecule has 0 spiro atoms. The molecule has 0 aromatic carbocycles. The maximum Gasteiger partial charge on any atom is 0.264 e. The highest BCUT2D eigenvalue weighted by molar-refractivity contribution is 5.96. The number of nitrogens with zero attached hydrogens (tertiary/aromatic N) is 2. The predicted octanol–water partition coefficient (Wildman–Crippen LogP) is -1.00. The number of rotatable bonds is 2. The van der Waals surface area contributed by atoms with Gasteiger partial charge in [0.25, 0.3) is 5.56 Å². The molecule has 0 fully saturated rings. The molecule has 0 amide bonds. The normalized spacial score (nSPS) is 11.4. The largest absolute Gasteiger partial charge is 0.307 e. The number of hydrogen-bond acceptors (Lipinski definition) is 4. The number of amidine groups is 1. The molecule has 0 bridgehead atoms. The summed E-state index contributed by atoms with van der Waals surface area (Å²) in [6.07, 6.45) is 0. The first kappa shape index (κ1) is 9.40. The minimum atomic E-state index is -0.253. The molecule has 0 saturated heterocycles. The highest BCUT2D eigenvalue weighted by atomic mass is 16.1. The molecule has 0 atom stereocenters. The van der Waals surface area contributed by atoms with E-state index < -0.39 is 0 Å². The molecule has 0 saturated carbocycles. The van der Waals surface area contributed by atoms with Crippen LogP contribution in [0.25, 0.3) is 0 Å². The van der Waals surface area contributed by atoms with Gasteiger partial charge in [-0.1, -0.05) is 0 Å². The monoisotopic (exact) mass is 181 g/mol. The van der Waals surface area contributed by atoms with E-state index >= 15 is 0 Å². The zero-order valence-corrected chi connectivity index (χ0v) is 7.24. The number of aromatic amines is 1. The first-order valence-corrected chi connectivity index (χ1v) is 3.85. The van der Waals surface area contributed by atoms with Gasteiger partial charge in [-0.25, -0.2) is 10.9 Å². The molecule has 6 nitrogen and oxygen atoms in total. The zero-order chi connectivity index (χ0) is 9.68. The lowest BCUT2D eigenvalue weighted by molar-refractivity contribution is 0.931. The van der Waals surface area contributed by atoms with Crippen LogP contribution in [0, 0.1) is 0 Å². The van der Waals surface area contributed by atoms with Crippen LogP contribution in [0.1, 0.15) is 12.6 Å². The Morgan fingerprint density at radius 1 is 1.77 bits per heavy atom. The highest BCUT2D eigenvalue weighted by Gasteiger charge is 2.01. The van der Waals surface area contributed by atoms with Crippen LogP contribution < -0.4 is 16.8 Å². The molecule has 1 aromatic heterocycles. The molecule has 0 aliphatic carbocycles. The molecule has 1 heterocycles. The second-order valence-corrected chi connectivity index (χ2v) is 2.27. The fourth-order valence-electron chi connectivity index (χ4n) is 0.835. The molecule has 4 N–H and O–H groups in total. The molecule has 13 heavy (non-hydrogen) atoms. The van der Waals surface area contributed by atoms with E-state index in [-0.39, 0.29) is 5.56 Å². The summed E-state index contributed by atoms with van der Waals surface area (Å²) in [7, 11) is 0. The molecule has 70 valence electrons. The molecule has 1 rings (SSSR count). The second-order valence-electron chi connectivity index (χ2n) is 2.27. The van der Waals surface area contributed by atoms with Crippen LogP contribution >= 0.6 is 0 Å². The Morgan fingerprint density at radius 2 is 2.54 bits per heavy atom. The number of hydrazine groups is 1. The number of H-pyrrole nitrogens is 1. The summed E-state index contributed by atoms with van der Waals surface area (Å²) in [4.78, 5) is 14.7. The van der Waals surface area contributed by atoms with Crippen molar-refractivity contribution in [2.75, 3.05) is 6.54 Å². The van der Waals surface area contributed by atoms with Gasteiger partial charge in [-0.05, 0) is 13.0 Å². The van der Waals surface area contributed by atoms with Gasteiger partial charge in [0.15, 0.2) is 5.84 Å². The quantitative estimate of drug-likeness (QED) is 0.236. The summed E-state index contributed by atoms with van der Waals surface area (Å²) in [6, 6.07) is 2.91. The van der Waals surface area contributed by atoms with E-state index in [4.69, 9.17) is 5.84 Å². The van der Waals surface area contributed by atoms with Gasteiger partial charge in [0, 0.05) is 12.6 Å². The van der Waals surface area contributed by atoms with Crippen molar-refractivity contribution >= 4 is 5.84 Å². The third kappa shape index (κ3) is 2.38. The summed E-state index contributed by atoms with van der Waals surface area (Å²) in [5.41, 5.74) is 2.67. The van der Waals surface area contributed by atoms with Crippen LogP contribution in [0.15, 0.2) is 21.9 Å². The summed E-state index contributed by atoms with van der Waals surface area (Å²) in [5.74, 6) is 5.67. The maximum absolute atomic E-state index is 10.7. The molecule has 0 radical (unpaired) electrons. The lowest BCUT2D eigenvalue weighted by Crippen LogP contribution is -2.32. The molecular weight excluding hydrogens is 170 g/mol. The number of hydrogen-bond donors (Lipinski definition) is 3. The lowest BCUT2D eigenvalue weighted by atomic mass is 10.3. The van der Waals surface area contributed by atoms with Crippen LogP contribution in [0.2, 0.25) is 0 Å². The molecule has 6 heteroatoms. The van der Waals surface area contributed by atoms with Crippen LogP contribution in [-0.2, 0) is 0 Å². The highest BCUT2D eigenvalue weighted by Crippen LogP contribution is 1.89. The van der Waals surface area contributed by atoms with E-state index in [1.165, 1.54) is 6.07 Å². The van der Waals surface area contributed by atoms with Crippen molar-refractivity contribution in [1.29, 1.82) is 0 Å². The first-order valence-electron chi connectivity index (χ1n) is 3.85. The topological polar surface area (TPSA) is 96.2 Å². The van der Waals surface area contributed by atoms with E-state index in [9.17, 15) is 4.79 Å². The van der Waals surface area contributed by atoms with Crippen molar-refractivity contribution in [3.05, 3.63) is 28.2 Å². The number of aliphatic imine (C=N–C) groups is 1. The summed E-state index contributed by atoms with van der Waals surface area (Å²) in [6.45, 7) is 2.48. The van der Waals surface area contributed by atoms with E-state index in [0.717, 1.165) is 0 Å². The Hall–Kier alpha value is -1.69. The average molecular weight is 181 g/mol. The Kier molecular flexibility index (Phi) is 3.15. The molecular formula is C7H11N5O. The Labute approximate surface area is 74.9 Å². The zero-order valence-electron chi connectivity index (χ0n) is 7.24. The second kappa shape index (κ2) is 4.36. The minimum absolute atomic E-state index is 0.253. The van der Waals surface area contributed by atoms with Gasteiger partial charge in [0.2, 0.25) is 0 Å². The minimum Gasteiger partial charge on any atom is -0.307 e. The standard InChI is InChI=1S/C7H11N5O/c1-2-9-7(10-8)5-3-4-6(13)12-11-5/h3-4H,2,8H2,1H3,(H,9,10)(H,12,13). The van der Waals surface area contributed by atoms with Crippen molar-refractivity contribution in [2.45, 2.75) is 6.92 Å². The number of nitrogens with one attached hydrogen (secondary N) is 2. The van der Waals surface area contributed by atoms with Gasteiger partial charge >= 0.3 is 0 Å². The molecule has 0 aliphatic rings. The van der Waals surface area contributed by atoms with Crippen LogP contribution in [0.5, 0.6) is 0 Å². The van der Waals surface area contributed by atoms with Crippen molar-refractivity contribution in [3.8, 4) is 0 Å². The summed E-state index contributed by atoms with van der Waals surface area (Å²) >= 11 is 0. The maximum atomic E-state index is 10.7. The third-order valence-corrected chi connectivity index (χ3v) is 1.37. The van der Waals surface area contributed by atoms with Gasteiger partial charge in [-0.15, -0.1) is 0 Å². The SMILES string of the molecule is CCN=C(NN)c1ccc(=O)[nH]n1. The Morgan fingerprint density at radius 3 is 3.00 bits per heavy atom. The van der Waals surface area contributed by atoms with Crippen LogP contribution in [0.3, 0.4) is 0 Å². The number of nitrogens with two attached hydrogens (primary N) is 1. The molecule has 0 aliphatic heterocycles. The van der Waals surface area contributed by atoms with Gasteiger partial charge in [-0.3, -0.25) is 9.79 Å². The molecule has 0 unspecified atom stereocenters. The predicted molar refractivity (Wildman–Crippen MR) is 49.3 cm³/mol. The summed E-state index contributed by atoms with van der Waals surface area (Å²) in [5, 5.41) is 6.05. The van der Waals surface area contributed by atoms with Crippen molar-refractivity contribution in [3.63, 3.8) is 0 Å². The van der Waals surface area contributed by atoms with Gasteiger partial charge in [0.1, 0.15) is 5.69 Å². The average Bonchev–Trinajstić information content (AvgIpc) is 2.16. The van der Waals surface area contributed by atoms with Crippen LogP contribution in [0.4, 0.5) is 0 Å². The van der Waals surface area contributed by atoms with Crippen LogP contribution in [-0.4, -0.2) is 22.6 Å². The molecule has 1 aromatic rings. The van der Waals surface area contributed by atoms with E-state index in [0.29, 0.717) is 18.1 Å². The Balaban J connectivity index is 2.99. The first-order chi connectivity index (χ1) is 6.27. The van der Waals surface area contributed by atoms with Gasteiger partial charge in [-0.2, -0.15) is 5.10 Å².